The number of hydrogen-bond acceptors (Lipinski definition) is 4. The molecule has 3 N–H and O–H groups in total. The maximum atomic E-state index is 13.8. The number of piperidine rings is 1. The van der Waals surface area contributed by atoms with Crippen LogP contribution in [0, 0.1) is 5.92 Å². The number of para-hydroxylation sites is 1. The van der Waals surface area contributed by atoms with Crippen LogP contribution in [0.15, 0.2) is 30.5 Å². The number of carbonyl (C=O) groups excluding carboxylic acids is 2. The fourth-order valence-electron chi connectivity index (χ4n) is 6.10. The van der Waals surface area contributed by atoms with Gasteiger partial charge in [-0.25, -0.2) is 4.79 Å². The third kappa shape index (κ3) is 6.65. The number of ether oxygens (including phenoxy) is 1. The van der Waals surface area contributed by atoms with Gasteiger partial charge in [-0.2, -0.15) is 0 Å². The molecule has 3 aliphatic rings. The number of amides is 3. The molecule has 1 aromatic heterocycles. The van der Waals surface area contributed by atoms with Crippen LogP contribution in [0.1, 0.15) is 63.4 Å². The predicted molar refractivity (Wildman–Crippen MR) is 145 cm³/mol. The number of hydrogen-bond donors (Lipinski definition) is 3. The van der Waals surface area contributed by atoms with Crippen LogP contribution in [0.3, 0.4) is 0 Å². The van der Waals surface area contributed by atoms with E-state index in [1.165, 1.54) is 35.7 Å². The lowest BCUT2D eigenvalue weighted by atomic mass is 9.93. The minimum atomic E-state index is -0.121. The van der Waals surface area contributed by atoms with E-state index in [1.807, 2.05) is 0 Å². The monoisotopic (exact) mass is 509 g/mol. The molecule has 1 aromatic carbocycles. The maximum Gasteiger partial charge on any atom is 0.315 e. The molecule has 8 nitrogen and oxygen atoms in total. The summed E-state index contributed by atoms with van der Waals surface area (Å²) in [5.74, 6) is 0.0924. The van der Waals surface area contributed by atoms with Crippen molar-refractivity contribution in [1.29, 1.82) is 0 Å². The number of methoxy groups -OCH3 is 1. The summed E-state index contributed by atoms with van der Waals surface area (Å²) in [6.45, 7) is 3.65. The molecule has 2 saturated carbocycles. The standard InChI is InChI=1S/C29H43N5O3/c1-37-15-7-14-33-19-22(26-10-5-6-11-27(26)33)20-34(25-12-13-25)28(35)21-16-24(18-30-17-21)32-29(36)31-23-8-3-2-4-9-23/h5-6,10-11,19,21,23-25,30H,2-4,7-9,12-18,20H2,1H3,(H2,31,32,36)/t21-,24+/m0/s1. The predicted octanol–water partition coefficient (Wildman–Crippen LogP) is 3.78. The van der Waals surface area contributed by atoms with Crippen molar-refractivity contribution in [2.75, 3.05) is 26.8 Å². The summed E-state index contributed by atoms with van der Waals surface area (Å²) in [7, 11) is 1.74. The molecule has 5 rings (SSSR count). The summed E-state index contributed by atoms with van der Waals surface area (Å²) in [6.07, 6.45) is 11.8. The van der Waals surface area contributed by atoms with E-state index in [2.05, 4.69) is 55.9 Å². The topological polar surface area (TPSA) is 87.6 Å². The number of urea groups is 1. The highest BCUT2D eigenvalue weighted by Gasteiger charge is 2.38. The molecular weight excluding hydrogens is 466 g/mol. The summed E-state index contributed by atoms with van der Waals surface area (Å²) in [4.78, 5) is 28.5. The van der Waals surface area contributed by atoms with Crippen LogP contribution < -0.4 is 16.0 Å². The van der Waals surface area contributed by atoms with Crippen LogP contribution in [0.2, 0.25) is 0 Å². The molecule has 3 fully saturated rings. The Balaban J connectivity index is 1.23. The molecule has 2 aromatic rings. The third-order valence-corrected chi connectivity index (χ3v) is 8.21. The van der Waals surface area contributed by atoms with Crippen LogP contribution in [0.5, 0.6) is 0 Å². The Hall–Kier alpha value is -2.58. The number of nitrogens with zero attached hydrogens (tertiary/aromatic N) is 2. The SMILES string of the molecule is COCCCn1cc(CN(C(=O)[C@@H]2CNC[C@H](NC(=O)NC3CCCCC3)C2)C2CC2)c2ccccc21. The van der Waals surface area contributed by atoms with Crippen molar-refractivity contribution in [3.05, 3.63) is 36.0 Å². The van der Waals surface area contributed by atoms with E-state index >= 15 is 0 Å². The quantitative estimate of drug-likeness (QED) is 0.426. The van der Waals surface area contributed by atoms with Gasteiger partial charge in [0.2, 0.25) is 5.91 Å². The van der Waals surface area contributed by atoms with Crippen LogP contribution in [0.4, 0.5) is 4.79 Å². The first-order valence-corrected chi connectivity index (χ1v) is 14.3. The molecule has 37 heavy (non-hydrogen) atoms. The molecule has 1 saturated heterocycles. The molecule has 8 heteroatoms. The van der Waals surface area contributed by atoms with Crippen molar-refractivity contribution in [1.82, 2.24) is 25.4 Å². The average Bonchev–Trinajstić information content (AvgIpc) is 3.70. The Kier molecular flexibility index (Phi) is 8.66. The van der Waals surface area contributed by atoms with Gasteiger partial charge in [-0.1, -0.05) is 37.5 Å². The number of fused-ring (bicyclic) bond motifs is 1. The minimum absolute atomic E-state index is 0.0324. The number of rotatable bonds is 10. The Labute approximate surface area is 220 Å². The second kappa shape index (κ2) is 12.3. The van der Waals surface area contributed by atoms with E-state index in [4.69, 9.17) is 4.74 Å². The summed E-state index contributed by atoms with van der Waals surface area (Å²) >= 11 is 0. The van der Waals surface area contributed by atoms with E-state index in [0.717, 1.165) is 45.3 Å². The Morgan fingerprint density at radius 1 is 1.05 bits per heavy atom. The first-order valence-electron chi connectivity index (χ1n) is 14.3. The van der Waals surface area contributed by atoms with Gasteiger partial charge in [-0.3, -0.25) is 4.79 Å². The van der Waals surface area contributed by atoms with E-state index in [9.17, 15) is 9.59 Å². The number of aromatic nitrogens is 1. The summed E-state index contributed by atoms with van der Waals surface area (Å²) in [5, 5.41) is 10.9. The van der Waals surface area contributed by atoms with Gasteiger partial charge in [-0.05, 0) is 50.2 Å². The zero-order valence-corrected chi connectivity index (χ0v) is 22.2. The number of carbonyl (C=O) groups is 2. The summed E-state index contributed by atoms with van der Waals surface area (Å²) in [6, 6.07) is 8.97. The highest BCUT2D eigenvalue weighted by molar-refractivity contribution is 5.85. The highest BCUT2D eigenvalue weighted by Crippen LogP contribution is 2.33. The van der Waals surface area contributed by atoms with Crippen molar-refractivity contribution in [2.24, 2.45) is 5.92 Å². The molecule has 0 radical (unpaired) electrons. The van der Waals surface area contributed by atoms with Crippen LogP contribution >= 0.6 is 0 Å². The van der Waals surface area contributed by atoms with Crippen molar-refractivity contribution in [3.8, 4) is 0 Å². The van der Waals surface area contributed by atoms with Gasteiger partial charge in [0.05, 0.1) is 5.92 Å². The van der Waals surface area contributed by atoms with Crippen molar-refractivity contribution >= 4 is 22.8 Å². The van der Waals surface area contributed by atoms with Gasteiger partial charge in [0.15, 0.2) is 0 Å². The van der Waals surface area contributed by atoms with Gasteiger partial charge in [0.25, 0.3) is 0 Å². The summed E-state index contributed by atoms with van der Waals surface area (Å²) in [5.41, 5.74) is 2.42. The first-order chi connectivity index (χ1) is 18.1. The fourth-order valence-corrected chi connectivity index (χ4v) is 6.10. The van der Waals surface area contributed by atoms with Crippen molar-refractivity contribution < 1.29 is 14.3 Å². The minimum Gasteiger partial charge on any atom is -0.385 e. The van der Waals surface area contributed by atoms with Gasteiger partial charge in [0.1, 0.15) is 0 Å². The van der Waals surface area contributed by atoms with Gasteiger partial charge < -0.3 is 30.2 Å². The smallest absolute Gasteiger partial charge is 0.315 e. The van der Waals surface area contributed by atoms with Gasteiger partial charge >= 0.3 is 6.03 Å². The lowest BCUT2D eigenvalue weighted by Gasteiger charge is -2.34. The van der Waals surface area contributed by atoms with E-state index < -0.39 is 0 Å². The molecule has 2 heterocycles. The van der Waals surface area contributed by atoms with Crippen LogP contribution in [-0.4, -0.2) is 66.3 Å². The normalized spacial score (nSPS) is 22.6. The van der Waals surface area contributed by atoms with Crippen LogP contribution in [-0.2, 0) is 22.6 Å². The molecular formula is C29H43N5O3. The Morgan fingerprint density at radius 3 is 2.62 bits per heavy atom. The number of benzene rings is 1. The maximum absolute atomic E-state index is 13.8. The molecule has 0 bridgehead atoms. The van der Waals surface area contributed by atoms with E-state index in [1.54, 1.807) is 7.11 Å². The first kappa shape index (κ1) is 26.0. The molecule has 0 spiro atoms. The third-order valence-electron chi connectivity index (χ3n) is 8.21. The van der Waals surface area contributed by atoms with Crippen molar-refractivity contribution in [2.45, 2.75) is 89.0 Å². The van der Waals surface area contributed by atoms with E-state index in [0.29, 0.717) is 32.1 Å². The van der Waals surface area contributed by atoms with Gasteiger partial charge in [0, 0.05) is 75.1 Å². The van der Waals surface area contributed by atoms with E-state index in [-0.39, 0.29) is 29.9 Å². The van der Waals surface area contributed by atoms with Crippen molar-refractivity contribution in [3.63, 3.8) is 0 Å². The fraction of sp³-hybridized carbons (Fsp3) is 0.655. The number of aryl methyl sites for hydroxylation is 1. The second-order valence-electron chi connectivity index (χ2n) is 11.1. The molecule has 3 amide bonds. The van der Waals surface area contributed by atoms with Crippen LogP contribution in [0.25, 0.3) is 10.9 Å². The molecule has 0 unspecified atom stereocenters. The largest absolute Gasteiger partial charge is 0.385 e. The number of nitrogens with one attached hydrogen (secondary N) is 3. The lowest BCUT2D eigenvalue weighted by Crippen LogP contribution is -2.55. The van der Waals surface area contributed by atoms with Gasteiger partial charge in [-0.15, -0.1) is 0 Å². The second-order valence-corrected chi connectivity index (χ2v) is 11.1. The molecule has 2 atom stereocenters. The highest BCUT2D eigenvalue weighted by atomic mass is 16.5. The lowest BCUT2D eigenvalue weighted by molar-refractivity contribution is -0.137. The average molecular weight is 510 g/mol. The molecule has 1 aliphatic heterocycles. The zero-order chi connectivity index (χ0) is 25.6. The zero-order valence-electron chi connectivity index (χ0n) is 22.2. The summed E-state index contributed by atoms with van der Waals surface area (Å²) < 4.78 is 7.55. The Morgan fingerprint density at radius 2 is 1.84 bits per heavy atom. The molecule has 202 valence electrons. The Bertz CT molecular complexity index is 1060. The molecule has 2 aliphatic carbocycles.